The van der Waals surface area contributed by atoms with E-state index in [0.29, 0.717) is 12.4 Å². The number of aryl methyl sites for hydroxylation is 1. The van der Waals surface area contributed by atoms with Crippen molar-refractivity contribution in [1.82, 2.24) is 14.9 Å². The van der Waals surface area contributed by atoms with Gasteiger partial charge < -0.3 is 14.4 Å². The third-order valence-corrected chi connectivity index (χ3v) is 4.00. The number of carbonyl (C=O) groups is 1. The average molecular weight is 327 g/mol. The summed E-state index contributed by atoms with van der Waals surface area (Å²) in [6, 6.07) is 7.69. The highest BCUT2D eigenvalue weighted by Gasteiger charge is 2.25. The van der Waals surface area contributed by atoms with Crippen LogP contribution in [0.2, 0.25) is 0 Å². The molecule has 126 valence electrons. The van der Waals surface area contributed by atoms with Gasteiger partial charge in [0.25, 0.3) is 5.91 Å². The zero-order chi connectivity index (χ0) is 16.8. The van der Waals surface area contributed by atoms with Crippen LogP contribution in [0.1, 0.15) is 18.4 Å². The lowest BCUT2D eigenvalue weighted by atomic mass is 10.1. The lowest BCUT2D eigenvalue weighted by Gasteiger charge is -2.32. The van der Waals surface area contributed by atoms with Gasteiger partial charge in [0.1, 0.15) is 11.9 Å². The van der Waals surface area contributed by atoms with E-state index in [0.717, 1.165) is 30.7 Å². The Hall–Kier alpha value is -2.63. The van der Waals surface area contributed by atoms with Crippen LogP contribution < -0.4 is 9.47 Å². The summed E-state index contributed by atoms with van der Waals surface area (Å²) < 4.78 is 11.5. The molecule has 2 heterocycles. The van der Waals surface area contributed by atoms with Crippen LogP contribution in [0.15, 0.2) is 42.9 Å². The number of hydrogen-bond acceptors (Lipinski definition) is 5. The van der Waals surface area contributed by atoms with Crippen molar-refractivity contribution < 1.29 is 14.3 Å². The zero-order valence-corrected chi connectivity index (χ0v) is 13.7. The van der Waals surface area contributed by atoms with Crippen LogP contribution in [0, 0.1) is 6.92 Å². The molecule has 1 unspecified atom stereocenters. The summed E-state index contributed by atoms with van der Waals surface area (Å²) >= 11 is 0. The molecule has 1 amide bonds. The first kappa shape index (κ1) is 16.2. The van der Waals surface area contributed by atoms with Gasteiger partial charge >= 0.3 is 0 Å². The molecule has 2 aromatic rings. The third kappa shape index (κ3) is 4.22. The summed E-state index contributed by atoms with van der Waals surface area (Å²) in [5.41, 5.74) is 1.02. The number of benzene rings is 1. The summed E-state index contributed by atoms with van der Waals surface area (Å²) in [4.78, 5) is 22.3. The molecule has 1 aliphatic rings. The maximum atomic E-state index is 12.4. The second-order valence-electron chi connectivity index (χ2n) is 5.82. The molecule has 1 aliphatic heterocycles. The molecule has 6 heteroatoms. The van der Waals surface area contributed by atoms with Gasteiger partial charge in [-0.3, -0.25) is 9.78 Å². The number of aromatic nitrogens is 2. The van der Waals surface area contributed by atoms with Crippen molar-refractivity contribution in [2.24, 2.45) is 0 Å². The van der Waals surface area contributed by atoms with E-state index in [4.69, 9.17) is 9.47 Å². The lowest BCUT2D eigenvalue weighted by molar-refractivity contribution is -0.136. The van der Waals surface area contributed by atoms with Crippen LogP contribution in [0.5, 0.6) is 11.6 Å². The molecule has 1 aromatic carbocycles. The first-order valence-electron chi connectivity index (χ1n) is 8.11. The van der Waals surface area contributed by atoms with Gasteiger partial charge in [-0.1, -0.05) is 18.2 Å². The van der Waals surface area contributed by atoms with E-state index in [-0.39, 0.29) is 18.6 Å². The Morgan fingerprint density at radius 2 is 2.21 bits per heavy atom. The number of rotatable bonds is 5. The number of piperidine rings is 1. The van der Waals surface area contributed by atoms with Gasteiger partial charge in [-0.15, -0.1) is 0 Å². The minimum atomic E-state index is -0.0575. The highest BCUT2D eigenvalue weighted by molar-refractivity contribution is 5.78. The Morgan fingerprint density at radius 3 is 3.00 bits per heavy atom. The normalized spacial score (nSPS) is 17.4. The summed E-state index contributed by atoms with van der Waals surface area (Å²) in [7, 11) is 0. The highest BCUT2D eigenvalue weighted by atomic mass is 16.5. The van der Waals surface area contributed by atoms with E-state index in [1.807, 2.05) is 31.2 Å². The van der Waals surface area contributed by atoms with Crippen LogP contribution in [-0.4, -0.2) is 46.6 Å². The molecular formula is C18H21N3O3. The van der Waals surface area contributed by atoms with Crippen LogP contribution in [0.4, 0.5) is 0 Å². The molecule has 3 rings (SSSR count). The molecule has 1 saturated heterocycles. The van der Waals surface area contributed by atoms with Crippen LogP contribution in [0.25, 0.3) is 0 Å². The molecular weight excluding hydrogens is 306 g/mol. The van der Waals surface area contributed by atoms with Crippen molar-refractivity contribution in [2.75, 3.05) is 19.7 Å². The third-order valence-electron chi connectivity index (χ3n) is 4.00. The van der Waals surface area contributed by atoms with Gasteiger partial charge in [-0.05, 0) is 31.4 Å². The molecule has 0 spiro atoms. The number of ether oxygens (including phenoxy) is 2. The molecule has 24 heavy (non-hydrogen) atoms. The van der Waals surface area contributed by atoms with Crippen LogP contribution in [0.3, 0.4) is 0 Å². The highest BCUT2D eigenvalue weighted by Crippen LogP contribution is 2.18. The molecule has 0 radical (unpaired) electrons. The number of hydrogen-bond donors (Lipinski definition) is 0. The Balaban J connectivity index is 1.52. The Morgan fingerprint density at radius 1 is 1.33 bits per heavy atom. The fraction of sp³-hybridized carbons (Fsp3) is 0.389. The van der Waals surface area contributed by atoms with E-state index in [9.17, 15) is 4.79 Å². The van der Waals surface area contributed by atoms with Gasteiger partial charge in [-0.2, -0.15) is 0 Å². The minimum Gasteiger partial charge on any atom is -0.484 e. The smallest absolute Gasteiger partial charge is 0.260 e. The average Bonchev–Trinajstić information content (AvgIpc) is 2.62. The fourth-order valence-electron chi connectivity index (χ4n) is 2.73. The second-order valence-corrected chi connectivity index (χ2v) is 5.82. The number of likely N-dealkylation sites (tertiary alicyclic amines) is 1. The van der Waals surface area contributed by atoms with E-state index in [1.54, 1.807) is 23.5 Å². The fourth-order valence-corrected chi connectivity index (χ4v) is 2.73. The van der Waals surface area contributed by atoms with Crippen molar-refractivity contribution >= 4 is 5.91 Å². The quantitative estimate of drug-likeness (QED) is 0.842. The number of carbonyl (C=O) groups excluding carboxylic acids is 1. The molecule has 6 nitrogen and oxygen atoms in total. The molecule has 0 aliphatic carbocycles. The van der Waals surface area contributed by atoms with E-state index < -0.39 is 0 Å². The molecule has 1 aromatic heterocycles. The Labute approximate surface area is 141 Å². The summed E-state index contributed by atoms with van der Waals surface area (Å²) in [5.74, 6) is 1.22. The monoisotopic (exact) mass is 327 g/mol. The van der Waals surface area contributed by atoms with E-state index in [1.165, 1.54) is 0 Å². The maximum absolute atomic E-state index is 12.4. The zero-order valence-electron chi connectivity index (χ0n) is 13.7. The van der Waals surface area contributed by atoms with Crippen molar-refractivity contribution in [2.45, 2.75) is 25.9 Å². The van der Waals surface area contributed by atoms with Crippen molar-refractivity contribution in [1.29, 1.82) is 0 Å². The van der Waals surface area contributed by atoms with Crippen LogP contribution >= 0.6 is 0 Å². The minimum absolute atomic E-state index is 0.0225. The largest absolute Gasteiger partial charge is 0.484 e. The number of nitrogens with zero attached hydrogens (tertiary/aromatic N) is 3. The van der Waals surface area contributed by atoms with Gasteiger partial charge in [0.2, 0.25) is 5.88 Å². The summed E-state index contributed by atoms with van der Waals surface area (Å²) in [6.45, 7) is 3.29. The Kier molecular flexibility index (Phi) is 5.25. The molecule has 1 fully saturated rings. The molecule has 1 atom stereocenters. The second kappa shape index (κ2) is 7.77. The predicted octanol–water partition coefficient (Wildman–Crippen LogP) is 2.23. The van der Waals surface area contributed by atoms with E-state index >= 15 is 0 Å². The van der Waals surface area contributed by atoms with Crippen LogP contribution in [-0.2, 0) is 4.79 Å². The molecule has 0 saturated carbocycles. The van der Waals surface area contributed by atoms with Gasteiger partial charge in [-0.25, -0.2) is 4.98 Å². The summed E-state index contributed by atoms with van der Waals surface area (Å²) in [6.07, 6.45) is 6.53. The van der Waals surface area contributed by atoms with Crippen molar-refractivity contribution in [3.8, 4) is 11.6 Å². The van der Waals surface area contributed by atoms with Crippen molar-refractivity contribution in [3.63, 3.8) is 0 Å². The van der Waals surface area contributed by atoms with Gasteiger partial charge in [0, 0.05) is 18.9 Å². The number of para-hydroxylation sites is 1. The van der Waals surface area contributed by atoms with Gasteiger partial charge in [0.15, 0.2) is 6.61 Å². The van der Waals surface area contributed by atoms with Gasteiger partial charge in [0.05, 0.1) is 12.7 Å². The lowest BCUT2D eigenvalue weighted by Crippen LogP contribution is -2.46. The van der Waals surface area contributed by atoms with E-state index in [2.05, 4.69) is 9.97 Å². The first-order valence-corrected chi connectivity index (χ1v) is 8.11. The topological polar surface area (TPSA) is 64.5 Å². The number of amides is 1. The molecule has 0 bridgehead atoms. The summed E-state index contributed by atoms with van der Waals surface area (Å²) in [5, 5.41) is 0. The van der Waals surface area contributed by atoms with Crippen molar-refractivity contribution in [3.05, 3.63) is 48.4 Å². The maximum Gasteiger partial charge on any atom is 0.260 e. The standard InChI is InChI=1S/C18H21N3O3/c1-14-5-2-3-7-16(14)23-13-18(22)21-10-4-6-15(12-21)24-17-11-19-8-9-20-17/h2-3,5,7-9,11,15H,4,6,10,12-13H2,1H3. The first-order chi connectivity index (χ1) is 11.7. The molecule has 0 N–H and O–H groups in total. The predicted molar refractivity (Wildman–Crippen MR) is 88.9 cm³/mol. The Bertz CT molecular complexity index is 678. The SMILES string of the molecule is Cc1ccccc1OCC(=O)N1CCCC(Oc2cnccn2)C1.